The van der Waals surface area contributed by atoms with Crippen molar-refractivity contribution in [3.8, 4) is 5.75 Å². The Bertz CT molecular complexity index is 466. The largest absolute Gasteiger partial charge is 0.496 e. The molecule has 0 aliphatic rings. The van der Waals surface area contributed by atoms with Gasteiger partial charge in [0.25, 0.3) is 0 Å². The smallest absolute Gasteiger partial charge is 0.341 e. The molecule has 0 amide bonds. The lowest BCUT2D eigenvalue weighted by molar-refractivity contribution is 0.0597. The standard InChI is InChI=1S/C10H8BrNO4/c1-15-9-4-8(12-5-13)7(11)3-6(9)10(14)16-2/h3-4H,1-2H3. The maximum Gasteiger partial charge on any atom is 0.341 e. The highest BCUT2D eigenvalue weighted by Crippen LogP contribution is 2.33. The normalized spacial score (nSPS) is 9.19. The number of esters is 1. The van der Waals surface area contributed by atoms with Gasteiger partial charge in [0.15, 0.2) is 0 Å². The van der Waals surface area contributed by atoms with Crippen LogP contribution in [0.25, 0.3) is 0 Å². The lowest BCUT2D eigenvalue weighted by Gasteiger charge is -2.08. The molecule has 0 saturated carbocycles. The summed E-state index contributed by atoms with van der Waals surface area (Å²) in [6, 6.07) is 2.92. The number of carbonyl (C=O) groups excluding carboxylic acids is 2. The van der Waals surface area contributed by atoms with Crippen LogP contribution >= 0.6 is 15.9 Å². The Morgan fingerprint density at radius 3 is 2.62 bits per heavy atom. The maximum absolute atomic E-state index is 11.4. The molecule has 0 fully saturated rings. The maximum atomic E-state index is 11.4. The monoisotopic (exact) mass is 285 g/mol. The van der Waals surface area contributed by atoms with Gasteiger partial charge in [0.2, 0.25) is 6.08 Å². The fourth-order valence-electron chi connectivity index (χ4n) is 1.12. The van der Waals surface area contributed by atoms with E-state index < -0.39 is 5.97 Å². The van der Waals surface area contributed by atoms with E-state index in [4.69, 9.17) is 4.74 Å². The van der Waals surface area contributed by atoms with Gasteiger partial charge in [0, 0.05) is 10.5 Å². The van der Waals surface area contributed by atoms with Crippen LogP contribution in [0.4, 0.5) is 5.69 Å². The summed E-state index contributed by atoms with van der Waals surface area (Å²) in [6.07, 6.45) is 1.41. The number of aliphatic imine (C=N–C) groups is 1. The van der Waals surface area contributed by atoms with Gasteiger partial charge in [0.05, 0.1) is 19.9 Å². The summed E-state index contributed by atoms with van der Waals surface area (Å²) in [6.45, 7) is 0. The molecule has 5 nitrogen and oxygen atoms in total. The Morgan fingerprint density at radius 1 is 1.44 bits per heavy atom. The van der Waals surface area contributed by atoms with Gasteiger partial charge in [-0.2, -0.15) is 4.99 Å². The summed E-state index contributed by atoms with van der Waals surface area (Å²) in [4.78, 5) is 25.0. The number of hydrogen-bond donors (Lipinski definition) is 0. The molecule has 0 spiro atoms. The molecular formula is C10H8BrNO4. The van der Waals surface area contributed by atoms with Gasteiger partial charge >= 0.3 is 5.97 Å². The van der Waals surface area contributed by atoms with Gasteiger partial charge in [-0.3, -0.25) is 0 Å². The molecule has 1 aromatic carbocycles. The summed E-state index contributed by atoms with van der Waals surface area (Å²) in [5, 5.41) is 0. The number of carbonyl (C=O) groups is 1. The first-order valence-electron chi connectivity index (χ1n) is 4.17. The van der Waals surface area contributed by atoms with E-state index in [0.29, 0.717) is 10.2 Å². The highest BCUT2D eigenvalue weighted by molar-refractivity contribution is 9.10. The second kappa shape index (κ2) is 5.44. The van der Waals surface area contributed by atoms with Gasteiger partial charge in [-0.05, 0) is 22.0 Å². The number of ether oxygens (including phenoxy) is 2. The van der Waals surface area contributed by atoms with E-state index in [1.54, 1.807) is 0 Å². The minimum atomic E-state index is -0.529. The highest BCUT2D eigenvalue weighted by Gasteiger charge is 2.15. The van der Waals surface area contributed by atoms with E-state index in [1.165, 1.54) is 32.4 Å². The van der Waals surface area contributed by atoms with Crippen molar-refractivity contribution in [3.05, 3.63) is 22.2 Å². The molecule has 0 heterocycles. The Kier molecular flexibility index (Phi) is 4.22. The van der Waals surface area contributed by atoms with Crippen molar-refractivity contribution in [1.29, 1.82) is 0 Å². The van der Waals surface area contributed by atoms with Crippen LogP contribution in [0.5, 0.6) is 5.75 Å². The summed E-state index contributed by atoms with van der Waals surface area (Å²) in [5.41, 5.74) is 0.584. The zero-order valence-corrected chi connectivity index (χ0v) is 10.2. The van der Waals surface area contributed by atoms with Gasteiger partial charge in [-0.1, -0.05) is 0 Å². The third-order valence-corrected chi connectivity index (χ3v) is 2.48. The highest BCUT2D eigenvalue weighted by atomic mass is 79.9. The van der Waals surface area contributed by atoms with Crippen molar-refractivity contribution in [2.24, 2.45) is 4.99 Å². The first kappa shape index (κ1) is 12.4. The second-order valence-electron chi connectivity index (χ2n) is 2.70. The lowest BCUT2D eigenvalue weighted by atomic mass is 10.2. The fraction of sp³-hybridized carbons (Fsp3) is 0.200. The van der Waals surface area contributed by atoms with Crippen molar-refractivity contribution in [3.63, 3.8) is 0 Å². The van der Waals surface area contributed by atoms with Gasteiger partial charge < -0.3 is 9.47 Å². The average molecular weight is 286 g/mol. The van der Waals surface area contributed by atoms with E-state index in [9.17, 15) is 9.59 Å². The number of halogens is 1. The van der Waals surface area contributed by atoms with E-state index in [0.717, 1.165) is 0 Å². The van der Waals surface area contributed by atoms with Crippen LogP contribution in [0.3, 0.4) is 0 Å². The summed E-state index contributed by atoms with van der Waals surface area (Å²) >= 11 is 3.17. The van der Waals surface area contributed by atoms with Crippen molar-refractivity contribution in [2.75, 3.05) is 14.2 Å². The van der Waals surface area contributed by atoms with Crippen molar-refractivity contribution in [2.45, 2.75) is 0 Å². The van der Waals surface area contributed by atoms with Crippen LogP contribution in [0.15, 0.2) is 21.6 Å². The quantitative estimate of drug-likeness (QED) is 0.485. The second-order valence-corrected chi connectivity index (χ2v) is 3.55. The van der Waals surface area contributed by atoms with Gasteiger partial charge in [-0.25, -0.2) is 9.59 Å². The summed E-state index contributed by atoms with van der Waals surface area (Å²) in [7, 11) is 2.68. The first-order valence-corrected chi connectivity index (χ1v) is 4.97. The third-order valence-electron chi connectivity index (χ3n) is 1.84. The van der Waals surface area contributed by atoms with Gasteiger partial charge in [-0.15, -0.1) is 0 Å². The molecule has 0 aliphatic heterocycles. The number of rotatable bonds is 3. The minimum Gasteiger partial charge on any atom is -0.496 e. The molecule has 1 aromatic rings. The van der Waals surface area contributed by atoms with Crippen LogP contribution in [0.1, 0.15) is 10.4 Å². The molecule has 84 valence electrons. The lowest BCUT2D eigenvalue weighted by Crippen LogP contribution is -2.04. The SMILES string of the molecule is COC(=O)c1cc(Br)c(N=C=O)cc1OC. The molecule has 0 radical (unpaired) electrons. The molecule has 0 bridgehead atoms. The van der Waals surface area contributed by atoms with Crippen LogP contribution in [-0.2, 0) is 9.53 Å². The number of hydrogen-bond acceptors (Lipinski definition) is 5. The molecule has 0 atom stereocenters. The van der Waals surface area contributed by atoms with Gasteiger partial charge in [0.1, 0.15) is 11.3 Å². The predicted molar refractivity (Wildman–Crippen MR) is 59.8 cm³/mol. The van der Waals surface area contributed by atoms with Crippen molar-refractivity contribution >= 4 is 33.7 Å². The Morgan fingerprint density at radius 2 is 2.12 bits per heavy atom. The Balaban J connectivity index is 3.37. The third kappa shape index (κ3) is 2.48. The molecule has 1 rings (SSSR count). The fourth-order valence-corrected chi connectivity index (χ4v) is 1.55. The Hall–Kier alpha value is -1.65. The summed E-state index contributed by atoms with van der Waals surface area (Å²) in [5.74, 6) is -0.247. The van der Waals surface area contributed by atoms with Crippen LogP contribution in [0, 0.1) is 0 Å². The first-order chi connectivity index (χ1) is 7.63. The van der Waals surface area contributed by atoms with Crippen LogP contribution < -0.4 is 4.74 Å². The number of isocyanates is 1. The minimum absolute atomic E-state index is 0.252. The zero-order valence-electron chi connectivity index (χ0n) is 8.61. The number of nitrogens with zero attached hydrogens (tertiary/aromatic N) is 1. The van der Waals surface area contributed by atoms with Crippen LogP contribution in [-0.4, -0.2) is 26.3 Å². The molecule has 16 heavy (non-hydrogen) atoms. The number of benzene rings is 1. The number of methoxy groups -OCH3 is 2. The van der Waals surface area contributed by atoms with E-state index in [1.807, 2.05) is 0 Å². The molecule has 0 N–H and O–H groups in total. The van der Waals surface area contributed by atoms with Crippen LogP contribution in [0.2, 0.25) is 0 Å². The Labute approximate surface area is 100 Å². The predicted octanol–water partition coefficient (Wildman–Crippen LogP) is 2.21. The topological polar surface area (TPSA) is 65.0 Å². The molecular weight excluding hydrogens is 278 g/mol. The van der Waals surface area contributed by atoms with Crippen molar-refractivity contribution < 1.29 is 19.1 Å². The molecule has 6 heteroatoms. The van der Waals surface area contributed by atoms with E-state index >= 15 is 0 Å². The molecule has 0 aromatic heterocycles. The average Bonchev–Trinajstić information content (AvgIpc) is 2.30. The summed E-state index contributed by atoms with van der Waals surface area (Å²) < 4.78 is 10.1. The molecule has 0 unspecified atom stereocenters. The molecule has 0 aliphatic carbocycles. The van der Waals surface area contributed by atoms with E-state index in [-0.39, 0.29) is 11.3 Å². The van der Waals surface area contributed by atoms with E-state index in [2.05, 4.69) is 25.7 Å². The molecule has 0 saturated heterocycles. The van der Waals surface area contributed by atoms with Crippen molar-refractivity contribution in [1.82, 2.24) is 0 Å². The zero-order chi connectivity index (χ0) is 12.1.